The minimum atomic E-state index is 0.590. The van der Waals surface area contributed by atoms with E-state index in [0.717, 1.165) is 30.4 Å². The molecule has 0 radical (unpaired) electrons. The van der Waals surface area contributed by atoms with Crippen LogP contribution in [0.15, 0.2) is 30.3 Å². The summed E-state index contributed by atoms with van der Waals surface area (Å²) >= 11 is 0. The first-order valence-corrected chi connectivity index (χ1v) is 8.06. The number of pyridine rings is 1. The van der Waals surface area contributed by atoms with Crippen molar-refractivity contribution in [3.05, 3.63) is 52.7 Å². The number of hydrogen-bond acceptors (Lipinski definition) is 3. The number of rotatable bonds is 4. The van der Waals surface area contributed by atoms with E-state index in [1.807, 2.05) is 25.1 Å². The van der Waals surface area contributed by atoms with Crippen LogP contribution in [0.5, 0.6) is 5.75 Å². The van der Waals surface area contributed by atoms with Crippen molar-refractivity contribution in [2.24, 2.45) is 0 Å². The van der Waals surface area contributed by atoms with Gasteiger partial charge in [0.15, 0.2) is 0 Å². The lowest BCUT2D eigenvalue weighted by atomic mass is 10.1. The van der Waals surface area contributed by atoms with Gasteiger partial charge in [-0.15, -0.1) is 0 Å². The molecular weight excluding hydrogens is 272 g/mol. The molecule has 0 atom stereocenters. The molecule has 0 spiro atoms. The highest BCUT2D eigenvalue weighted by Gasteiger charge is 2.20. The van der Waals surface area contributed by atoms with Gasteiger partial charge in [-0.3, -0.25) is 0 Å². The van der Waals surface area contributed by atoms with E-state index < -0.39 is 0 Å². The number of aromatic nitrogens is 1. The van der Waals surface area contributed by atoms with Crippen LogP contribution >= 0.6 is 0 Å². The van der Waals surface area contributed by atoms with Crippen LogP contribution in [0.4, 0.5) is 5.82 Å². The van der Waals surface area contributed by atoms with Gasteiger partial charge in [0.05, 0.1) is 5.69 Å². The Bertz CT molecular complexity index is 646. The van der Waals surface area contributed by atoms with Gasteiger partial charge in [-0.25, -0.2) is 4.98 Å². The van der Waals surface area contributed by atoms with Gasteiger partial charge in [0.1, 0.15) is 18.2 Å². The second-order valence-electron chi connectivity index (χ2n) is 6.07. The number of anilines is 1. The van der Waals surface area contributed by atoms with Gasteiger partial charge < -0.3 is 9.64 Å². The summed E-state index contributed by atoms with van der Waals surface area (Å²) in [6.45, 7) is 9.18. The molecule has 3 rings (SSSR count). The van der Waals surface area contributed by atoms with Crippen molar-refractivity contribution < 1.29 is 4.74 Å². The van der Waals surface area contributed by atoms with Gasteiger partial charge in [-0.2, -0.15) is 0 Å². The predicted molar refractivity (Wildman–Crippen MR) is 90.7 cm³/mol. The van der Waals surface area contributed by atoms with Crippen molar-refractivity contribution in [1.29, 1.82) is 0 Å². The molecule has 0 unspecified atom stereocenters. The van der Waals surface area contributed by atoms with Crippen molar-refractivity contribution in [3.8, 4) is 5.75 Å². The Morgan fingerprint density at radius 2 is 1.68 bits per heavy atom. The summed E-state index contributed by atoms with van der Waals surface area (Å²) in [6, 6.07) is 10.3. The molecule has 1 aliphatic rings. The van der Waals surface area contributed by atoms with Crippen molar-refractivity contribution >= 4 is 5.82 Å². The van der Waals surface area contributed by atoms with Crippen molar-refractivity contribution in [2.75, 3.05) is 18.0 Å². The molecule has 22 heavy (non-hydrogen) atoms. The Balaban J connectivity index is 1.84. The molecule has 0 amide bonds. The number of benzene rings is 1. The minimum Gasteiger partial charge on any atom is -0.487 e. The summed E-state index contributed by atoms with van der Waals surface area (Å²) < 4.78 is 6.07. The smallest absolute Gasteiger partial charge is 0.144 e. The zero-order valence-electron chi connectivity index (χ0n) is 13.7. The maximum Gasteiger partial charge on any atom is 0.144 e. The SMILES string of the molecule is Cc1nc(N2CCCC2)c(C)c(C)c1OCc1ccccc1. The maximum atomic E-state index is 6.07. The molecule has 3 heteroatoms. The molecular formula is C19H24N2O. The Kier molecular flexibility index (Phi) is 4.32. The molecule has 0 N–H and O–H groups in total. The van der Waals surface area contributed by atoms with E-state index in [1.54, 1.807) is 0 Å². The summed E-state index contributed by atoms with van der Waals surface area (Å²) in [6.07, 6.45) is 2.54. The Hall–Kier alpha value is -2.03. The molecule has 0 aliphatic carbocycles. The van der Waals surface area contributed by atoms with E-state index in [-0.39, 0.29) is 0 Å². The second-order valence-corrected chi connectivity index (χ2v) is 6.07. The first-order chi connectivity index (χ1) is 10.7. The monoisotopic (exact) mass is 296 g/mol. The highest BCUT2D eigenvalue weighted by molar-refractivity contribution is 5.56. The molecule has 1 fully saturated rings. The molecule has 1 aromatic heterocycles. The Morgan fingerprint density at radius 1 is 1.00 bits per heavy atom. The molecule has 1 aromatic carbocycles. The van der Waals surface area contributed by atoms with Crippen LogP contribution in [0.2, 0.25) is 0 Å². The zero-order valence-corrected chi connectivity index (χ0v) is 13.7. The Morgan fingerprint density at radius 3 is 2.36 bits per heavy atom. The van der Waals surface area contributed by atoms with E-state index in [9.17, 15) is 0 Å². The average molecular weight is 296 g/mol. The average Bonchev–Trinajstić information content (AvgIpc) is 3.06. The van der Waals surface area contributed by atoms with E-state index in [4.69, 9.17) is 9.72 Å². The molecule has 2 heterocycles. The lowest BCUT2D eigenvalue weighted by Crippen LogP contribution is -2.21. The number of aryl methyl sites for hydroxylation is 1. The van der Waals surface area contributed by atoms with Gasteiger partial charge in [-0.1, -0.05) is 30.3 Å². The van der Waals surface area contributed by atoms with Crippen LogP contribution < -0.4 is 9.64 Å². The first kappa shape index (κ1) is 14.9. The summed E-state index contributed by atoms with van der Waals surface area (Å²) in [7, 11) is 0. The third-order valence-electron chi connectivity index (χ3n) is 4.47. The van der Waals surface area contributed by atoms with E-state index in [0.29, 0.717) is 6.61 Å². The van der Waals surface area contributed by atoms with Crippen molar-refractivity contribution in [3.63, 3.8) is 0 Å². The van der Waals surface area contributed by atoms with Crippen LogP contribution in [-0.2, 0) is 6.61 Å². The van der Waals surface area contributed by atoms with E-state index in [1.165, 1.54) is 29.5 Å². The molecule has 3 nitrogen and oxygen atoms in total. The van der Waals surface area contributed by atoms with Crippen LogP contribution in [0.25, 0.3) is 0 Å². The fraction of sp³-hybridized carbons (Fsp3) is 0.421. The third kappa shape index (κ3) is 2.94. The predicted octanol–water partition coefficient (Wildman–Crippen LogP) is 4.19. The summed E-state index contributed by atoms with van der Waals surface area (Å²) in [5, 5.41) is 0. The van der Waals surface area contributed by atoms with Gasteiger partial charge in [-0.05, 0) is 50.3 Å². The zero-order chi connectivity index (χ0) is 15.5. The lowest BCUT2D eigenvalue weighted by molar-refractivity contribution is 0.300. The quantitative estimate of drug-likeness (QED) is 0.846. The van der Waals surface area contributed by atoms with Gasteiger partial charge in [0.25, 0.3) is 0 Å². The van der Waals surface area contributed by atoms with Crippen molar-refractivity contribution in [2.45, 2.75) is 40.2 Å². The summed E-state index contributed by atoms with van der Waals surface area (Å²) in [5.41, 5.74) is 4.63. The summed E-state index contributed by atoms with van der Waals surface area (Å²) in [5.74, 6) is 2.07. The van der Waals surface area contributed by atoms with Crippen LogP contribution in [-0.4, -0.2) is 18.1 Å². The highest BCUT2D eigenvalue weighted by atomic mass is 16.5. The molecule has 0 bridgehead atoms. The lowest BCUT2D eigenvalue weighted by Gasteiger charge is -2.23. The van der Waals surface area contributed by atoms with E-state index >= 15 is 0 Å². The normalized spacial score (nSPS) is 14.4. The maximum absolute atomic E-state index is 6.07. The largest absolute Gasteiger partial charge is 0.487 e. The topological polar surface area (TPSA) is 25.4 Å². The van der Waals surface area contributed by atoms with Crippen LogP contribution in [0.3, 0.4) is 0 Å². The van der Waals surface area contributed by atoms with Crippen molar-refractivity contribution in [1.82, 2.24) is 4.98 Å². The van der Waals surface area contributed by atoms with Crippen LogP contribution in [0.1, 0.15) is 35.2 Å². The van der Waals surface area contributed by atoms with Crippen LogP contribution in [0, 0.1) is 20.8 Å². The fourth-order valence-corrected chi connectivity index (χ4v) is 3.08. The molecule has 1 aliphatic heterocycles. The number of nitrogens with zero attached hydrogens (tertiary/aromatic N) is 2. The van der Waals surface area contributed by atoms with Gasteiger partial charge in [0.2, 0.25) is 0 Å². The molecule has 116 valence electrons. The highest BCUT2D eigenvalue weighted by Crippen LogP contribution is 2.32. The number of ether oxygens (including phenoxy) is 1. The summed E-state index contributed by atoms with van der Waals surface area (Å²) in [4.78, 5) is 7.23. The van der Waals surface area contributed by atoms with Gasteiger partial charge in [0, 0.05) is 13.1 Å². The second kappa shape index (κ2) is 6.39. The third-order valence-corrected chi connectivity index (χ3v) is 4.47. The van der Waals surface area contributed by atoms with E-state index in [2.05, 4.69) is 30.9 Å². The Labute approximate surface area is 132 Å². The van der Waals surface area contributed by atoms with Gasteiger partial charge >= 0.3 is 0 Å². The minimum absolute atomic E-state index is 0.590. The molecule has 0 saturated carbocycles. The standard InChI is InChI=1S/C19H24N2O/c1-14-15(2)19(21-11-7-8-12-21)20-16(3)18(14)22-13-17-9-5-4-6-10-17/h4-6,9-10H,7-8,11-13H2,1-3H3. The molecule has 2 aromatic rings. The first-order valence-electron chi connectivity index (χ1n) is 8.06. The molecule has 1 saturated heterocycles. The fourth-order valence-electron chi connectivity index (χ4n) is 3.08. The number of hydrogen-bond donors (Lipinski definition) is 0.